The molecule has 210 valence electrons. The molecule has 2 bridgehead atoms. The molecular formula is C28H40BrN3O5S. The first kappa shape index (κ1) is 29.2. The number of ether oxygens (including phenoxy) is 1. The number of nitrogens with one attached hydrogen (secondary N) is 1. The van der Waals surface area contributed by atoms with Crippen LogP contribution in [0.2, 0.25) is 0 Å². The van der Waals surface area contributed by atoms with Gasteiger partial charge in [0, 0.05) is 34.5 Å². The van der Waals surface area contributed by atoms with Crippen molar-refractivity contribution in [3.05, 3.63) is 24.3 Å². The van der Waals surface area contributed by atoms with E-state index >= 15 is 0 Å². The number of alkyl halides is 1. The van der Waals surface area contributed by atoms with Gasteiger partial charge < -0.3 is 25.0 Å². The maximum Gasteiger partial charge on any atom is 0.310 e. The van der Waals surface area contributed by atoms with Crippen LogP contribution in [0.3, 0.4) is 0 Å². The van der Waals surface area contributed by atoms with Crippen LogP contribution in [0, 0.1) is 17.8 Å². The second kappa shape index (κ2) is 11.8. The van der Waals surface area contributed by atoms with Gasteiger partial charge >= 0.3 is 5.97 Å². The molecule has 4 rings (SSSR count). The van der Waals surface area contributed by atoms with E-state index in [9.17, 15) is 19.5 Å². The van der Waals surface area contributed by atoms with Crippen LogP contribution < -0.4 is 10.2 Å². The number of thioether (sulfide) groups is 1. The van der Waals surface area contributed by atoms with E-state index in [0.29, 0.717) is 18.5 Å². The van der Waals surface area contributed by atoms with E-state index in [4.69, 9.17) is 4.74 Å². The molecule has 1 aromatic rings. The molecular weight excluding hydrogens is 570 g/mol. The molecule has 38 heavy (non-hydrogen) atoms. The number of aliphatic hydroxyl groups excluding tert-OH is 1. The first-order valence-electron chi connectivity index (χ1n) is 13.7. The van der Waals surface area contributed by atoms with Gasteiger partial charge in [0.2, 0.25) is 11.8 Å². The van der Waals surface area contributed by atoms with Crippen LogP contribution in [0.15, 0.2) is 24.3 Å². The van der Waals surface area contributed by atoms with E-state index in [-0.39, 0.29) is 47.0 Å². The van der Waals surface area contributed by atoms with Crippen LogP contribution in [0.5, 0.6) is 0 Å². The number of fused-ring (bicyclic) bond motifs is 1. The van der Waals surface area contributed by atoms with Gasteiger partial charge in [-0.3, -0.25) is 14.4 Å². The highest BCUT2D eigenvalue weighted by molar-refractivity contribution is 9.09. The molecule has 8 nitrogen and oxygen atoms in total. The molecule has 10 heteroatoms. The molecule has 3 saturated heterocycles. The summed E-state index contributed by atoms with van der Waals surface area (Å²) in [7, 11) is 0. The van der Waals surface area contributed by atoms with Crippen molar-refractivity contribution in [3.8, 4) is 0 Å². The van der Waals surface area contributed by atoms with E-state index in [1.54, 1.807) is 23.6 Å². The molecule has 3 fully saturated rings. The van der Waals surface area contributed by atoms with Crippen molar-refractivity contribution in [1.82, 2.24) is 4.90 Å². The fourth-order valence-corrected chi connectivity index (χ4v) is 10.2. The Balaban J connectivity index is 1.71. The molecule has 0 aliphatic carbocycles. The Bertz CT molecular complexity index is 1040. The monoisotopic (exact) mass is 609 g/mol. The summed E-state index contributed by atoms with van der Waals surface area (Å²) in [6.07, 6.45) is 1.15. The van der Waals surface area contributed by atoms with Crippen LogP contribution in [-0.2, 0) is 19.1 Å². The lowest BCUT2D eigenvalue weighted by molar-refractivity contribution is -0.154. The van der Waals surface area contributed by atoms with Gasteiger partial charge in [0.25, 0.3) is 0 Å². The average molecular weight is 611 g/mol. The number of likely N-dealkylation sites (tertiary alicyclic amines) is 1. The van der Waals surface area contributed by atoms with Crippen LogP contribution in [-0.4, -0.2) is 81.0 Å². The van der Waals surface area contributed by atoms with Gasteiger partial charge in [-0.15, -0.1) is 11.8 Å². The summed E-state index contributed by atoms with van der Waals surface area (Å²) in [5, 5.41) is 13.3. The lowest BCUT2D eigenvalue weighted by atomic mass is 9.71. The number of carbonyl (C=O) groups is 3. The number of aliphatic hydroxyl groups is 1. The Morgan fingerprint density at radius 3 is 2.45 bits per heavy atom. The standard InChI is InChI=1S/C28H40BrN3O5S/c1-6-31(7-2)18-11-9-17(10-12-18)30-25(34)24-28-14-20(29)23(38-28)21(27(36)37-8-3)22(28)26(35)32(24)19(15-33)13-16(4)5/h9-12,16,19-24,33H,6-8,13-15H2,1-5H3,(H,30,34)/t19-,20?,21+,22+,23+,24?,28?/m1/s1. The van der Waals surface area contributed by atoms with Crippen molar-refractivity contribution < 1.29 is 24.2 Å². The van der Waals surface area contributed by atoms with Gasteiger partial charge in [-0.2, -0.15) is 0 Å². The molecule has 1 spiro atoms. The second-order valence-corrected chi connectivity index (χ2v) is 13.6. The van der Waals surface area contributed by atoms with E-state index < -0.39 is 28.7 Å². The van der Waals surface area contributed by atoms with Gasteiger partial charge in [-0.05, 0) is 63.8 Å². The molecule has 7 atom stereocenters. The molecule has 0 radical (unpaired) electrons. The Hall–Kier alpha value is -1.78. The van der Waals surface area contributed by atoms with Crippen molar-refractivity contribution in [2.24, 2.45) is 17.8 Å². The number of amides is 2. The first-order valence-corrected chi connectivity index (χ1v) is 15.5. The molecule has 0 aromatic heterocycles. The zero-order valence-electron chi connectivity index (χ0n) is 22.9. The minimum atomic E-state index is -0.812. The maximum absolute atomic E-state index is 14.1. The molecule has 2 amide bonds. The third kappa shape index (κ3) is 4.96. The van der Waals surface area contributed by atoms with E-state index in [1.165, 1.54) is 0 Å². The Kier molecular flexibility index (Phi) is 9.04. The maximum atomic E-state index is 14.1. The number of carbonyl (C=O) groups excluding carboxylic acids is 3. The summed E-state index contributed by atoms with van der Waals surface area (Å²) in [6, 6.07) is 6.41. The van der Waals surface area contributed by atoms with Gasteiger partial charge in [0.1, 0.15) is 6.04 Å². The average Bonchev–Trinajstić information content (AvgIpc) is 3.47. The van der Waals surface area contributed by atoms with Crippen molar-refractivity contribution in [2.45, 2.75) is 74.4 Å². The number of rotatable bonds is 11. The number of benzene rings is 1. The number of esters is 1. The number of hydrogen-bond acceptors (Lipinski definition) is 7. The van der Waals surface area contributed by atoms with Crippen molar-refractivity contribution in [2.75, 3.05) is 36.5 Å². The molecule has 3 unspecified atom stereocenters. The summed E-state index contributed by atoms with van der Waals surface area (Å²) >= 11 is 5.33. The highest BCUT2D eigenvalue weighted by Crippen LogP contribution is 2.68. The smallest absolute Gasteiger partial charge is 0.310 e. The third-order valence-corrected chi connectivity index (χ3v) is 11.4. The van der Waals surface area contributed by atoms with Crippen LogP contribution >= 0.6 is 27.7 Å². The highest BCUT2D eigenvalue weighted by atomic mass is 79.9. The highest BCUT2D eigenvalue weighted by Gasteiger charge is 2.76. The molecule has 3 heterocycles. The molecule has 3 aliphatic heterocycles. The molecule has 0 saturated carbocycles. The fraction of sp³-hybridized carbons (Fsp3) is 0.679. The number of nitrogens with zero attached hydrogens (tertiary/aromatic N) is 2. The summed E-state index contributed by atoms with van der Waals surface area (Å²) in [6.45, 7) is 11.8. The molecule has 3 aliphatic rings. The van der Waals surface area contributed by atoms with E-state index in [2.05, 4.69) is 40.0 Å². The van der Waals surface area contributed by atoms with E-state index in [0.717, 1.165) is 18.8 Å². The van der Waals surface area contributed by atoms with Crippen LogP contribution in [0.25, 0.3) is 0 Å². The van der Waals surface area contributed by atoms with Gasteiger partial charge in [-0.25, -0.2) is 0 Å². The second-order valence-electron chi connectivity index (χ2n) is 10.8. The SMILES string of the molecule is CCOC(=O)[C@H]1[C@H]2C(=O)N([C@@H](CO)CC(C)C)C(C(=O)Nc3ccc(N(CC)CC)cc3)C23CC(Br)[C@@H]1S3. The Morgan fingerprint density at radius 1 is 1.24 bits per heavy atom. The lowest BCUT2D eigenvalue weighted by Crippen LogP contribution is -2.55. The minimum absolute atomic E-state index is 0.0211. The summed E-state index contributed by atoms with van der Waals surface area (Å²) in [5.74, 6) is -1.97. The third-order valence-electron chi connectivity index (χ3n) is 8.15. The number of hydrogen-bond donors (Lipinski definition) is 2. The molecule has 2 N–H and O–H groups in total. The summed E-state index contributed by atoms with van der Waals surface area (Å²) < 4.78 is 4.63. The predicted molar refractivity (Wildman–Crippen MR) is 155 cm³/mol. The zero-order valence-corrected chi connectivity index (χ0v) is 25.3. The first-order chi connectivity index (χ1) is 18.1. The summed E-state index contributed by atoms with van der Waals surface area (Å²) in [4.78, 5) is 45.1. The van der Waals surface area contributed by atoms with Crippen molar-refractivity contribution in [3.63, 3.8) is 0 Å². The number of anilines is 2. The minimum Gasteiger partial charge on any atom is -0.466 e. The normalized spacial score (nSPS) is 30.5. The Labute approximate surface area is 238 Å². The van der Waals surface area contributed by atoms with Crippen molar-refractivity contribution >= 4 is 56.9 Å². The number of halogens is 1. The fourth-order valence-electron chi connectivity index (χ4n) is 6.64. The topological polar surface area (TPSA) is 99.2 Å². The Morgan fingerprint density at radius 2 is 1.89 bits per heavy atom. The largest absolute Gasteiger partial charge is 0.466 e. The molecule has 1 aromatic carbocycles. The zero-order chi connectivity index (χ0) is 27.8. The van der Waals surface area contributed by atoms with Crippen molar-refractivity contribution in [1.29, 1.82) is 0 Å². The van der Waals surface area contributed by atoms with E-state index in [1.807, 2.05) is 38.1 Å². The van der Waals surface area contributed by atoms with Gasteiger partial charge in [0.15, 0.2) is 0 Å². The van der Waals surface area contributed by atoms with Crippen LogP contribution in [0.1, 0.15) is 47.5 Å². The lowest BCUT2D eigenvalue weighted by Gasteiger charge is -2.37. The quantitative estimate of drug-likeness (QED) is 0.290. The van der Waals surface area contributed by atoms with Gasteiger partial charge in [-0.1, -0.05) is 29.8 Å². The van der Waals surface area contributed by atoms with Gasteiger partial charge in [0.05, 0.1) is 35.8 Å². The summed E-state index contributed by atoms with van der Waals surface area (Å²) in [5.41, 5.74) is 1.73. The predicted octanol–water partition coefficient (Wildman–Crippen LogP) is 3.91. The van der Waals surface area contributed by atoms with Crippen LogP contribution in [0.4, 0.5) is 11.4 Å².